The van der Waals surface area contributed by atoms with Crippen molar-refractivity contribution in [2.75, 3.05) is 19.0 Å². The minimum absolute atomic E-state index is 0.761. The molecule has 0 bridgehead atoms. The first kappa shape index (κ1) is 10.5. The summed E-state index contributed by atoms with van der Waals surface area (Å²) in [4.78, 5) is 11.4. The van der Waals surface area contributed by atoms with E-state index in [0.29, 0.717) is 0 Å². The van der Waals surface area contributed by atoms with Gasteiger partial charge in [-0.15, -0.1) is 0 Å². The number of anilines is 1. The van der Waals surface area contributed by atoms with Crippen LogP contribution in [0.3, 0.4) is 0 Å². The molecule has 0 fully saturated rings. The Balaban J connectivity index is 1.81. The summed E-state index contributed by atoms with van der Waals surface area (Å²) in [5, 5.41) is 3.21. The normalized spacial score (nSPS) is 10.1. The largest absolute Gasteiger partial charge is 0.495 e. The summed E-state index contributed by atoms with van der Waals surface area (Å²) in [7, 11) is 1.63. The van der Waals surface area contributed by atoms with Gasteiger partial charge in [0.1, 0.15) is 17.4 Å². The Labute approximate surface area is 93.9 Å². The van der Waals surface area contributed by atoms with Gasteiger partial charge in [-0.2, -0.15) is 0 Å². The number of pyridine rings is 1. The first-order valence-electron chi connectivity index (χ1n) is 5.10. The molecule has 0 saturated heterocycles. The van der Waals surface area contributed by atoms with Gasteiger partial charge in [0.05, 0.1) is 13.3 Å². The first-order valence-corrected chi connectivity index (χ1v) is 5.10. The highest BCUT2D eigenvalue weighted by Crippen LogP contribution is 2.10. The molecule has 0 aromatic carbocycles. The van der Waals surface area contributed by atoms with E-state index in [1.165, 1.54) is 0 Å². The lowest BCUT2D eigenvalue weighted by Gasteiger charge is -2.04. The Bertz CT molecular complexity index is 410. The number of hydrogen-bond acceptors (Lipinski definition) is 4. The quantitative estimate of drug-likeness (QED) is 0.797. The standard InChI is InChI=1S/C11H14N4O/c1-16-9-2-3-10(15-8-9)12-5-4-11-13-6-7-14-11/h2-3,6-8H,4-5H2,1H3,(H,12,15)(H,13,14). The van der Waals surface area contributed by atoms with Gasteiger partial charge >= 0.3 is 0 Å². The molecule has 0 aliphatic carbocycles. The highest BCUT2D eigenvalue weighted by Gasteiger charge is 1.97. The van der Waals surface area contributed by atoms with Crippen LogP contribution in [0.15, 0.2) is 30.7 Å². The summed E-state index contributed by atoms with van der Waals surface area (Å²) >= 11 is 0. The molecule has 5 nitrogen and oxygen atoms in total. The number of imidazole rings is 1. The predicted octanol–water partition coefficient (Wildman–Crippen LogP) is 1.47. The van der Waals surface area contributed by atoms with Crippen LogP contribution in [0.2, 0.25) is 0 Å². The second-order valence-corrected chi connectivity index (χ2v) is 3.30. The summed E-state index contributed by atoms with van der Waals surface area (Å²) in [6, 6.07) is 3.77. The fraction of sp³-hybridized carbons (Fsp3) is 0.273. The van der Waals surface area contributed by atoms with Crippen LogP contribution in [0.1, 0.15) is 5.82 Å². The van der Waals surface area contributed by atoms with Crippen molar-refractivity contribution < 1.29 is 4.74 Å². The highest BCUT2D eigenvalue weighted by molar-refractivity contribution is 5.37. The molecule has 2 aromatic heterocycles. The van der Waals surface area contributed by atoms with Crippen molar-refractivity contribution in [2.45, 2.75) is 6.42 Å². The molecular weight excluding hydrogens is 204 g/mol. The summed E-state index contributed by atoms with van der Waals surface area (Å²) in [5.74, 6) is 2.57. The van der Waals surface area contributed by atoms with Crippen LogP contribution in [-0.2, 0) is 6.42 Å². The van der Waals surface area contributed by atoms with E-state index in [9.17, 15) is 0 Å². The lowest BCUT2D eigenvalue weighted by atomic mass is 10.4. The Morgan fingerprint density at radius 3 is 2.94 bits per heavy atom. The van der Waals surface area contributed by atoms with Gasteiger partial charge in [-0.25, -0.2) is 9.97 Å². The Morgan fingerprint density at radius 1 is 1.38 bits per heavy atom. The van der Waals surface area contributed by atoms with Gasteiger partial charge in [0.2, 0.25) is 0 Å². The van der Waals surface area contributed by atoms with Crippen LogP contribution in [0.5, 0.6) is 5.75 Å². The number of rotatable bonds is 5. The van der Waals surface area contributed by atoms with Gasteiger partial charge in [-0.1, -0.05) is 0 Å². The molecule has 5 heteroatoms. The van der Waals surface area contributed by atoms with Crippen molar-refractivity contribution in [3.05, 3.63) is 36.5 Å². The summed E-state index contributed by atoms with van der Waals surface area (Å²) < 4.78 is 5.03. The Kier molecular flexibility index (Phi) is 3.38. The molecule has 0 unspecified atom stereocenters. The number of hydrogen-bond donors (Lipinski definition) is 2. The van der Waals surface area contributed by atoms with Crippen molar-refractivity contribution in [1.29, 1.82) is 0 Å². The van der Waals surface area contributed by atoms with Crippen LogP contribution in [0, 0.1) is 0 Å². The van der Waals surface area contributed by atoms with Gasteiger partial charge in [0.15, 0.2) is 0 Å². The monoisotopic (exact) mass is 218 g/mol. The average molecular weight is 218 g/mol. The SMILES string of the molecule is COc1ccc(NCCc2ncc[nH]2)nc1. The molecule has 2 heterocycles. The molecular formula is C11H14N4O. The minimum Gasteiger partial charge on any atom is -0.495 e. The molecule has 2 rings (SSSR count). The molecule has 84 valence electrons. The predicted molar refractivity (Wildman–Crippen MR) is 61.6 cm³/mol. The van der Waals surface area contributed by atoms with Gasteiger partial charge in [0, 0.05) is 25.4 Å². The molecule has 2 N–H and O–H groups in total. The Morgan fingerprint density at radius 2 is 2.31 bits per heavy atom. The average Bonchev–Trinajstić information content (AvgIpc) is 2.83. The molecule has 0 aliphatic rings. The summed E-state index contributed by atoms with van der Waals surface area (Å²) in [6.45, 7) is 0.798. The van der Waals surface area contributed by atoms with E-state index < -0.39 is 0 Å². The number of aromatic nitrogens is 3. The van der Waals surface area contributed by atoms with Gasteiger partial charge < -0.3 is 15.0 Å². The lowest BCUT2D eigenvalue weighted by Crippen LogP contribution is -2.07. The fourth-order valence-corrected chi connectivity index (χ4v) is 1.35. The van der Waals surface area contributed by atoms with E-state index in [1.807, 2.05) is 18.3 Å². The number of methoxy groups -OCH3 is 1. The molecule has 0 atom stereocenters. The molecule has 0 spiro atoms. The zero-order valence-electron chi connectivity index (χ0n) is 9.10. The van der Waals surface area contributed by atoms with Gasteiger partial charge in [-0.3, -0.25) is 0 Å². The van der Waals surface area contributed by atoms with E-state index >= 15 is 0 Å². The molecule has 0 saturated carbocycles. The topological polar surface area (TPSA) is 62.8 Å². The van der Waals surface area contributed by atoms with Crippen LogP contribution in [0.25, 0.3) is 0 Å². The lowest BCUT2D eigenvalue weighted by molar-refractivity contribution is 0.413. The van der Waals surface area contributed by atoms with Crippen LogP contribution in [-0.4, -0.2) is 28.6 Å². The van der Waals surface area contributed by atoms with E-state index in [1.54, 1.807) is 19.5 Å². The van der Waals surface area contributed by atoms with Gasteiger partial charge in [0.25, 0.3) is 0 Å². The van der Waals surface area contributed by atoms with E-state index in [2.05, 4.69) is 20.3 Å². The number of H-pyrrole nitrogens is 1. The van der Waals surface area contributed by atoms with Crippen LogP contribution >= 0.6 is 0 Å². The maximum Gasteiger partial charge on any atom is 0.137 e. The van der Waals surface area contributed by atoms with Gasteiger partial charge in [-0.05, 0) is 12.1 Å². The van der Waals surface area contributed by atoms with Crippen molar-refractivity contribution in [1.82, 2.24) is 15.0 Å². The number of ether oxygens (including phenoxy) is 1. The Hall–Kier alpha value is -2.04. The summed E-state index contributed by atoms with van der Waals surface area (Å²) in [5.41, 5.74) is 0. The molecule has 16 heavy (non-hydrogen) atoms. The highest BCUT2D eigenvalue weighted by atomic mass is 16.5. The molecule has 2 aromatic rings. The van der Waals surface area contributed by atoms with Crippen LogP contribution in [0.4, 0.5) is 5.82 Å². The van der Waals surface area contributed by atoms with E-state index in [4.69, 9.17) is 4.74 Å². The van der Waals surface area contributed by atoms with Crippen molar-refractivity contribution in [3.8, 4) is 5.75 Å². The third kappa shape index (κ3) is 2.73. The smallest absolute Gasteiger partial charge is 0.137 e. The van der Waals surface area contributed by atoms with Crippen molar-refractivity contribution in [3.63, 3.8) is 0 Å². The number of nitrogens with one attached hydrogen (secondary N) is 2. The molecule has 0 radical (unpaired) electrons. The second kappa shape index (κ2) is 5.16. The number of aromatic amines is 1. The first-order chi connectivity index (χ1) is 7.88. The second-order valence-electron chi connectivity index (χ2n) is 3.30. The van der Waals surface area contributed by atoms with E-state index in [-0.39, 0.29) is 0 Å². The third-order valence-corrected chi connectivity index (χ3v) is 2.19. The third-order valence-electron chi connectivity index (χ3n) is 2.19. The maximum absolute atomic E-state index is 5.03. The molecule has 0 amide bonds. The van der Waals surface area contributed by atoms with Crippen molar-refractivity contribution in [2.24, 2.45) is 0 Å². The zero-order valence-corrected chi connectivity index (χ0v) is 9.10. The minimum atomic E-state index is 0.761. The van der Waals surface area contributed by atoms with E-state index in [0.717, 1.165) is 30.4 Å². The van der Waals surface area contributed by atoms with Crippen LogP contribution < -0.4 is 10.1 Å². The summed E-state index contributed by atoms with van der Waals surface area (Å²) in [6.07, 6.45) is 6.11. The molecule has 0 aliphatic heterocycles. The maximum atomic E-state index is 5.03. The number of nitrogens with zero attached hydrogens (tertiary/aromatic N) is 2. The zero-order chi connectivity index (χ0) is 11.2. The van der Waals surface area contributed by atoms with Crippen molar-refractivity contribution >= 4 is 5.82 Å². The fourth-order valence-electron chi connectivity index (χ4n) is 1.35.